The molecule has 4 heterocycles. The van der Waals surface area contributed by atoms with Gasteiger partial charge in [-0.25, -0.2) is 4.98 Å². The number of hydrogen-bond acceptors (Lipinski definition) is 4. The summed E-state index contributed by atoms with van der Waals surface area (Å²) < 4.78 is 15.8. The Morgan fingerprint density at radius 3 is 2.30 bits per heavy atom. The van der Waals surface area contributed by atoms with Gasteiger partial charge in [-0.05, 0) is 76.4 Å². The summed E-state index contributed by atoms with van der Waals surface area (Å²) in [5.74, 6) is 3.53. The first-order valence-corrected chi connectivity index (χ1v) is 14.3. The summed E-state index contributed by atoms with van der Waals surface area (Å²) in [5, 5.41) is 1.21. The molecule has 0 fully saturated rings. The first kappa shape index (κ1) is 23.3. The zero-order valence-electron chi connectivity index (χ0n) is 23.1. The molecule has 2 aromatic carbocycles. The monoisotopic (exact) mass is 507 g/mol. The van der Waals surface area contributed by atoms with Crippen LogP contribution in [-0.2, 0) is 16.2 Å². The van der Waals surface area contributed by atoms with Crippen molar-refractivity contribution in [2.45, 2.75) is 84.5 Å². The van der Waals surface area contributed by atoms with Crippen LogP contribution >= 0.6 is 11.3 Å². The number of aromatic nitrogens is 1. The predicted molar refractivity (Wildman–Crippen MR) is 156 cm³/mol. The molecule has 7 rings (SSSR count). The van der Waals surface area contributed by atoms with Gasteiger partial charge in [-0.3, -0.25) is 0 Å². The van der Waals surface area contributed by atoms with Gasteiger partial charge in [0.2, 0.25) is 5.88 Å². The fraction of sp³-hybridized carbons (Fsp3) is 0.406. The molecule has 0 spiro atoms. The molecule has 3 aliphatic rings. The van der Waals surface area contributed by atoms with E-state index in [1.54, 1.807) is 0 Å². The summed E-state index contributed by atoms with van der Waals surface area (Å²) in [6.07, 6.45) is 2.37. The second-order valence-electron chi connectivity index (χ2n) is 13.6. The smallest absolute Gasteiger partial charge is 0.275 e. The minimum atomic E-state index is 0.0622. The average molecular weight is 508 g/mol. The Hall–Kier alpha value is -2.79. The van der Waals surface area contributed by atoms with E-state index in [-0.39, 0.29) is 23.0 Å². The Morgan fingerprint density at radius 2 is 1.59 bits per heavy atom. The van der Waals surface area contributed by atoms with E-state index in [0.717, 1.165) is 28.4 Å². The van der Waals surface area contributed by atoms with Crippen LogP contribution in [0.15, 0.2) is 36.4 Å². The molecule has 2 aromatic heterocycles. The lowest BCUT2D eigenvalue weighted by atomic mass is 9.37. The lowest BCUT2D eigenvalue weighted by molar-refractivity contribution is 0.330. The van der Waals surface area contributed by atoms with E-state index < -0.39 is 0 Å². The van der Waals surface area contributed by atoms with Crippen molar-refractivity contribution in [1.29, 1.82) is 0 Å². The van der Waals surface area contributed by atoms with Crippen molar-refractivity contribution in [1.82, 2.24) is 4.98 Å². The Labute approximate surface area is 224 Å². The van der Waals surface area contributed by atoms with Crippen LogP contribution in [0.4, 0.5) is 0 Å². The maximum atomic E-state index is 6.72. The molecule has 0 radical (unpaired) electrons. The van der Waals surface area contributed by atoms with E-state index >= 15 is 0 Å². The quantitative estimate of drug-likeness (QED) is 0.208. The van der Waals surface area contributed by atoms with Crippen LogP contribution in [0.3, 0.4) is 0 Å². The van der Waals surface area contributed by atoms with Gasteiger partial charge >= 0.3 is 0 Å². The summed E-state index contributed by atoms with van der Waals surface area (Å²) in [6.45, 7) is 18.4. The Balaban J connectivity index is 1.53. The number of ether oxygens (including phenoxy) is 2. The zero-order chi connectivity index (χ0) is 26.1. The lowest BCUT2D eigenvalue weighted by Crippen LogP contribution is -2.57. The highest BCUT2D eigenvalue weighted by molar-refractivity contribution is 7.33. The number of nitrogens with zero attached hydrogens (tertiary/aromatic N) is 1. The molecule has 3 nitrogen and oxygen atoms in total. The molecule has 1 aliphatic carbocycles. The SMILES string of the molecule is Cc1cc2c3c(n1)Oc1cc4c(cc1B3c1sc3ccc(C(C)(C)C)cc3c1O2)C(C)(C)CCC4(C)C. The van der Waals surface area contributed by atoms with Gasteiger partial charge in [0.05, 0.1) is 0 Å². The van der Waals surface area contributed by atoms with E-state index in [0.29, 0.717) is 5.88 Å². The highest BCUT2D eigenvalue weighted by Gasteiger charge is 2.46. The number of pyridine rings is 1. The average Bonchev–Trinajstić information content (AvgIpc) is 3.18. The molecule has 0 amide bonds. The van der Waals surface area contributed by atoms with Crippen molar-refractivity contribution in [2.24, 2.45) is 0 Å². The van der Waals surface area contributed by atoms with Crippen LogP contribution in [-0.4, -0.2) is 11.7 Å². The second kappa shape index (κ2) is 7.20. The summed E-state index contributed by atoms with van der Waals surface area (Å²) in [4.78, 5) is 4.86. The number of benzene rings is 2. The van der Waals surface area contributed by atoms with Crippen molar-refractivity contribution >= 4 is 43.8 Å². The van der Waals surface area contributed by atoms with Crippen LogP contribution in [0.25, 0.3) is 10.1 Å². The van der Waals surface area contributed by atoms with Crippen LogP contribution in [0.1, 0.15) is 83.7 Å². The largest absolute Gasteiger partial charge is 0.457 e. The van der Waals surface area contributed by atoms with E-state index in [9.17, 15) is 0 Å². The molecule has 2 aliphatic heterocycles. The first-order chi connectivity index (χ1) is 17.3. The maximum Gasteiger partial charge on any atom is 0.275 e. The molecule has 37 heavy (non-hydrogen) atoms. The lowest BCUT2D eigenvalue weighted by Gasteiger charge is -2.43. The zero-order valence-corrected chi connectivity index (χ0v) is 23.9. The Morgan fingerprint density at radius 1 is 0.892 bits per heavy atom. The maximum absolute atomic E-state index is 6.72. The van der Waals surface area contributed by atoms with Gasteiger partial charge in [0.1, 0.15) is 17.2 Å². The number of fused-ring (bicyclic) bond motifs is 7. The van der Waals surface area contributed by atoms with Crippen molar-refractivity contribution in [3.8, 4) is 23.1 Å². The third-order valence-corrected chi connectivity index (χ3v) is 10.1. The third kappa shape index (κ3) is 3.29. The summed E-state index contributed by atoms with van der Waals surface area (Å²) in [6, 6.07) is 13.7. The van der Waals surface area contributed by atoms with Crippen molar-refractivity contribution in [2.75, 3.05) is 0 Å². The van der Waals surface area contributed by atoms with Crippen LogP contribution < -0.4 is 25.2 Å². The number of hydrogen-bond donors (Lipinski definition) is 0. The number of thiophene rings is 1. The minimum absolute atomic E-state index is 0.0622. The van der Waals surface area contributed by atoms with Gasteiger partial charge < -0.3 is 9.47 Å². The standard InChI is InChI=1S/C32H34BNO2S/c1-17-13-24-26-29(34-17)36-23-16-21-20(31(5,6)11-12-32(21,7)8)15-22(23)33(26)28-27(35-24)19-14-18(30(2,3)4)9-10-25(19)37-28/h9-10,13-16H,11-12H2,1-8H3. The van der Waals surface area contributed by atoms with Gasteiger partial charge in [0.25, 0.3) is 6.71 Å². The summed E-state index contributed by atoms with van der Waals surface area (Å²) >= 11 is 1.85. The van der Waals surface area contributed by atoms with Crippen LogP contribution in [0.2, 0.25) is 0 Å². The second-order valence-corrected chi connectivity index (χ2v) is 14.7. The van der Waals surface area contributed by atoms with Crippen LogP contribution in [0.5, 0.6) is 23.1 Å². The molecule has 0 bridgehead atoms. The van der Waals surface area contributed by atoms with Crippen molar-refractivity contribution < 1.29 is 9.47 Å². The fourth-order valence-electron chi connectivity index (χ4n) is 6.48. The Bertz CT molecular complexity index is 1640. The molecule has 5 heteroatoms. The topological polar surface area (TPSA) is 31.4 Å². The third-order valence-electron chi connectivity index (χ3n) is 8.91. The molecular weight excluding hydrogens is 473 g/mol. The van der Waals surface area contributed by atoms with Gasteiger partial charge in [-0.2, -0.15) is 0 Å². The van der Waals surface area contributed by atoms with Crippen molar-refractivity contribution in [3.05, 3.63) is 58.8 Å². The molecular formula is C32H34BNO2S. The molecule has 4 aromatic rings. The normalized spacial score (nSPS) is 18.3. The molecule has 0 unspecified atom stereocenters. The van der Waals surface area contributed by atoms with E-state index in [4.69, 9.17) is 14.5 Å². The Kier molecular flexibility index (Phi) is 4.54. The molecule has 0 saturated carbocycles. The van der Waals surface area contributed by atoms with Gasteiger partial charge in [0, 0.05) is 32.1 Å². The first-order valence-electron chi connectivity index (χ1n) is 13.5. The van der Waals surface area contributed by atoms with Gasteiger partial charge in [0.15, 0.2) is 0 Å². The predicted octanol–water partition coefficient (Wildman–Crippen LogP) is 6.98. The summed E-state index contributed by atoms with van der Waals surface area (Å²) in [5.41, 5.74) is 7.75. The van der Waals surface area contributed by atoms with E-state index in [1.807, 2.05) is 18.3 Å². The minimum Gasteiger partial charge on any atom is -0.457 e. The fourth-order valence-corrected chi connectivity index (χ4v) is 7.72. The highest BCUT2D eigenvalue weighted by Crippen LogP contribution is 2.48. The number of aryl methyl sites for hydroxylation is 1. The van der Waals surface area contributed by atoms with E-state index in [2.05, 4.69) is 84.9 Å². The molecule has 0 saturated heterocycles. The van der Waals surface area contributed by atoms with E-state index in [1.165, 1.54) is 49.9 Å². The van der Waals surface area contributed by atoms with Crippen LogP contribution in [0, 0.1) is 6.92 Å². The number of rotatable bonds is 0. The summed E-state index contributed by atoms with van der Waals surface area (Å²) in [7, 11) is 0. The molecule has 0 atom stereocenters. The van der Waals surface area contributed by atoms with Crippen molar-refractivity contribution in [3.63, 3.8) is 0 Å². The van der Waals surface area contributed by atoms with Gasteiger partial charge in [-0.15, -0.1) is 11.3 Å². The molecule has 0 N–H and O–H groups in total. The van der Waals surface area contributed by atoms with Gasteiger partial charge in [-0.1, -0.05) is 60.6 Å². The molecule has 188 valence electrons. The highest BCUT2D eigenvalue weighted by atomic mass is 32.1.